The average molecular weight is 240 g/mol. The molecule has 1 atom stereocenters. The maximum absolute atomic E-state index is 4.45. The Hall–Kier alpha value is -0.410. The van der Waals surface area contributed by atoms with Crippen molar-refractivity contribution in [2.24, 2.45) is 5.92 Å². The molecule has 16 heavy (non-hydrogen) atoms. The van der Waals surface area contributed by atoms with Crippen LogP contribution in [0.3, 0.4) is 0 Å². The van der Waals surface area contributed by atoms with Crippen LogP contribution in [0.5, 0.6) is 0 Å². The van der Waals surface area contributed by atoms with Crippen molar-refractivity contribution in [1.29, 1.82) is 0 Å². The monoisotopic (exact) mass is 240 g/mol. The molecule has 0 fully saturated rings. The fourth-order valence-corrected chi connectivity index (χ4v) is 2.96. The molecule has 1 rings (SSSR count). The summed E-state index contributed by atoms with van der Waals surface area (Å²) < 4.78 is 0. The molecule has 1 heterocycles. The van der Waals surface area contributed by atoms with Gasteiger partial charge in [-0.15, -0.1) is 11.3 Å². The molecule has 92 valence electrons. The molecule has 1 aromatic rings. The lowest BCUT2D eigenvalue weighted by molar-refractivity contribution is 0.445. The highest BCUT2D eigenvalue weighted by Crippen LogP contribution is 2.17. The van der Waals surface area contributed by atoms with Gasteiger partial charge in [0.25, 0.3) is 0 Å². The maximum Gasteiger partial charge on any atom is 0.0900 e. The third-order valence-corrected chi connectivity index (χ3v) is 3.80. The minimum absolute atomic E-state index is 0.620. The average Bonchev–Trinajstić information content (AvgIpc) is 2.44. The second-order valence-electron chi connectivity index (χ2n) is 4.98. The quantitative estimate of drug-likeness (QED) is 0.825. The molecule has 0 aliphatic heterocycles. The van der Waals surface area contributed by atoms with Gasteiger partial charge in [-0.2, -0.15) is 0 Å². The van der Waals surface area contributed by atoms with Crippen LogP contribution in [0.2, 0.25) is 0 Å². The largest absolute Gasteiger partial charge is 0.314 e. The van der Waals surface area contributed by atoms with Crippen molar-refractivity contribution in [2.45, 2.75) is 53.5 Å². The summed E-state index contributed by atoms with van der Waals surface area (Å²) in [5.41, 5.74) is 1.21. The number of aromatic nitrogens is 1. The summed E-state index contributed by atoms with van der Waals surface area (Å²) in [7, 11) is 0. The number of aryl methyl sites for hydroxylation is 2. The second kappa shape index (κ2) is 6.36. The zero-order valence-corrected chi connectivity index (χ0v) is 11.9. The van der Waals surface area contributed by atoms with E-state index in [4.69, 9.17) is 0 Å². The van der Waals surface area contributed by atoms with Crippen LogP contribution in [0.25, 0.3) is 0 Å². The molecule has 0 bridgehead atoms. The second-order valence-corrected chi connectivity index (χ2v) is 6.26. The van der Waals surface area contributed by atoms with Crippen molar-refractivity contribution in [2.75, 3.05) is 6.54 Å². The van der Waals surface area contributed by atoms with Crippen LogP contribution in [0, 0.1) is 19.8 Å². The van der Waals surface area contributed by atoms with Crippen molar-refractivity contribution >= 4 is 11.3 Å². The normalized spacial score (nSPS) is 13.4. The predicted molar refractivity (Wildman–Crippen MR) is 72.2 cm³/mol. The Morgan fingerprint density at radius 3 is 2.44 bits per heavy atom. The van der Waals surface area contributed by atoms with Gasteiger partial charge in [0.15, 0.2) is 0 Å². The first-order valence-corrected chi connectivity index (χ1v) is 6.97. The number of rotatable bonds is 6. The van der Waals surface area contributed by atoms with Gasteiger partial charge < -0.3 is 5.32 Å². The molecule has 0 spiro atoms. The minimum Gasteiger partial charge on any atom is -0.314 e. The van der Waals surface area contributed by atoms with Crippen molar-refractivity contribution in [3.8, 4) is 0 Å². The third-order valence-electron chi connectivity index (χ3n) is 2.67. The Balaban J connectivity index is 2.27. The lowest BCUT2D eigenvalue weighted by atomic mass is 10.1. The predicted octanol–water partition coefficient (Wildman–Crippen LogP) is 3.33. The van der Waals surface area contributed by atoms with Gasteiger partial charge in [-0.25, -0.2) is 4.98 Å². The molecular weight excluding hydrogens is 216 g/mol. The summed E-state index contributed by atoms with van der Waals surface area (Å²) in [6.45, 7) is 12.1. The van der Waals surface area contributed by atoms with E-state index in [1.807, 2.05) is 11.3 Å². The summed E-state index contributed by atoms with van der Waals surface area (Å²) in [5.74, 6) is 0.773. The summed E-state index contributed by atoms with van der Waals surface area (Å²) in [6.07, 6.45) is 2.36. The summed E-state index contributed by atoms with van der Waals surface area (Å²) in [6, 6.07) is 0.620. The molecule has 0 aliphatic rings. The minimum atomic E-state index is 0.620. The fourth-order valence-electron chi connectivity index (χ4n) is 2.03. The number of nitrogens with zero attached hydrogens (tertiary/aromatic N) is 1. The van der Waals surface area contributed by atoms with Gasteiger partial charge in [-0.3, -0.25) is 0 Å². The molecule has 1 unspecified atom stereocenters. The third kappa shape index (κ3) is 4.62. The van der Waals surface area contributed by atoms with E-state index in [2.05, 4.69) is 44.9 Å². The van der Waals surface area contributed by atoms with Crippen LogP contribution in [0.4, 0.5) is 0 Å². The van der Waals surface area contributed by atoms with E-state index < -0.39 is 0 Å². The number of hydrogen-bond donors (Lipinski definition) is 1. The zero-order chi connectivity index (χ0) is 12.1. The van der Waals surface area contributed by atoms with E-state index in [0.717, 1.165) is 18.9 Å². The first-order valence-electron chi connectivity index (χ1n) is 6.15. The van der Waals surface area contributed by atoms with Crippen LogP contribution < -0.4 is 5.32 Å². The highest BCUT2D eigenvalue weighted by molar-refractivity contribution is 7.11. The Bertz CT molecular complexity index is 318. The lowest BCUT2D eigenvalue weighted by Crippen LogP contribution is -2.29. The molecule has 0 saturated carbocycles. The molecule has 0 saturated heterocycles. The highest BCUT2D eigenvalue weighted by Gasteiger charge is 2.06. The Morgan fingerprint density at radius 1 is 1.25 bits per heavy atom. The van der Waals surface area contributed by atoms with E-state index in [1.54, 1.807) is 0 Å². The van der Waals surface area contributed by atoms with Gasteiger partial charge in [0.05, 0.1) is 10.7 Å². The number of nitrogens with one attached hydrogen (secondary N) is 1. The van der Waals surface area contributed by atoms with Crippen molar-refractivity contribution in [1.82, 2.24) is 10.3 Å². The number of hydrogen-bond acceptors (Lipinski definition) is 3. The Kier molecular flexibility index (Phi) is 5.42. The highest BCUT2D eigenvalue weighted by atomic mass is 32.1. The van der Waals surface area contributed by atoms with E-state index >= 15 is 0 Å². The van der Waals surface area contributed by atoms with Crippen LogP contribution in [-0.2, 0) is 6.42 Å². The molecule has 3 heteroatoms. The standard InChI is InChI=1S/C13H24N2S/c1-9(2)8-10(3)14-7-6-13-11(4)15-12(5)16-13/h9-10,14H,6-8H2,1-5H3. The SMILES string of the molecule is Cc1nc(C)c(CCNC(C)CC(C)C)s1. The van der Waals surface area contributed by atoms with Gasteiger partial charge in [0.1, 0.15) is 0 Å². The summed E-state index contributed by atoms with van der Waals surface area (Å²) in [4.78, 5) is 5.88. The first kappa shape index (κ1) is 13.7. The molecule has 0 radical (unpaired) electrons. The van der Waals surface area contributed by atoms with Crippen molar-refractivity contribution < 1.29 is 0 Å². The first-order chi connectivity index (χ1) is 7.49. The van der Waals surface area contributed by atoms with E-state index in [1.165, 1.54) is 22.0 Å². The molecule has 0 aliphatic carbocycles. The zero-order valence-electron chi connectivity index (χ0n) is 11.1. The van der Waals surface area contributed by atoms with E-state index in [-0.39, 0.29) is 0 Å². The van der Waals surface area contributed by atoms with Crippen LogP contribution >= 0.6 is 11.3 Å². The molecule has 1 N–H and O–H groups in total. The molecule has 0 amide bonds. The van der Waals surface area contributed by atoms with Gasteiger partial charge in [-0.1, -0.05) is 13.8 Å². The summed E-state index contributed by atoms with van der Waals surface area (Å²) in [5, 5.41) is 4.76. The summed E-state index contributed by atoms with van der Waals surface area (Å²) >= 11 is 1.83. The van der Waals surface area contributed by atoms with Crippen molar-refractivity contribution in [3.05, 3.63) is 15.6 Å². The van der Waals surface area contributed by atoms with Gasteiger partial charge in [-0.05, 0) is 39.5 Å². The van der Waals surface area contributed by atoms with Crippen molar-refractivity contribution in [3.63, 3.8) is 0 Å². The molecule has 2 nitrogen and oxygen atoms in total. The Morgan fingerprint density at radius 2 is 1.94 bits per heavy atom. The Labute approximate surface area is 103 Å². The molecular formula is C13H24N2S. The smallest absolute Gasteiger partial charge is 0.0900 e. The van der Waals surface area contributed by atoms with Gasteiger partial charge >= 0.3 is 0 Å². The van der Waals surface area contributed by atoms with Gasteiger partial charge in [0.2, 0.25) is 0 Å². The fraction of sp³-hybridized carbons (Fsp3) is 0.769. The topological polar surface area (TPSA) is 24.9 Å². The van der Waals surface area contributed by atoms with Gasteiger partial charge in [0, 0.05) is 17.5 Å². The molecule has 0 aromatic carbocycles. The maximum atomic E-state index is 4.45. The van der Waals surface area contributed by atoms with E-state index in [0.29, 0.717) is 6.04 Å². The van der Waals surface area contributed by atoms with E-state index in [9.17, 15) is 0 Å². The lowest BCUT2D eigenvalue weighted by Gasteiger charge is -2.15. The van der Waals surface area contributed by atoms with Crippen LogP contribution in [0.15, 0.2) is 0 Å². The van der Waals surface area contributed by atoms with Crippen LogP contribution in [0.1, 0.15) is 42.8 Å². The molecule has 1 aromatic heterocycles. The number of thiazole rings is 1. The van der Waals surface area contributed by atoms with Crippen LogP contribution in [-0.4, -0.2) is 17.6 Å².